The van der Waals surface area contributed by atoms with Crippen molar-refractivity contribution in [2.45, 2.75) is 43.8 Å². The van der Waals surface area contributed by atoms with Crippen LogP contribution in [-0.4, -0.2) is 34.5 Å². The third-order valence-electron chi connectivity index (χ3n) is 3.83. The molecule has 0 radical (unpaired) electrons. The highest BCUT2D eigenvalue weighted by Crippen LogP contribution is 2.44. The minimum absolute atomic E-state index is 0.127. The summed E-state index contributed by atoms with van der Waals surface area (Å²) in [6, 6.07) is 7.30. The van der Waals surface area contributed by atoms with Gasteiger partial charge in [0.05, 0.1) is 0 Å². The zero-order chi connectivity index (χ0) is 16.4. The topological polar surface area (TPSA) is 78.4 Å². The summed E-state index contributed by atoms with van der Waals surface area (Å²) < 4.78 is 27.8. The molecule has 0 spiro atoms. The molecule has 120 valence electrons. The minimum atomic E-state index is -3.91. The number of alkyl halides is 2. The summed E-state index contributed by atoms with van der Waals surface area (Å²) in [6.45, 7) is 1.30. The molecule has 1 aromatic rings. The van der Waals surface area contributed by atoms with Crippen LogP contribution in [0.15, 0.2) is 30.3 Å². The number of carbonyl (C=O) groups is 2. The van der Waals surface area contributed by atoms with E-state index < -0.39 is 29.4 Å². The largest absolute Gasteiger partial charge is 0.383 e. The summed E-state index contributed by atoms with van der Waals surface area (Å²) in [5.74, 6) is -6.16. The Labute approximate surface area is 126 Å². The number of carbonyl (C=O) groups excluding carboxylic acids is 2. The van der Waals surface area contributed by atoms with Crippen LogP contribution < -0.4 is 10.6 Å². The van der Waals surface area contributed by atoms with Gasteiger partial charge in [-0.25, -0.2) is 0 Å². The molecule has 22 heavy (non-hydrogen) atoms. The Morgan fingerprint density at radius 1 is 1.27 bits per heavy atom. The first kappa shape index (κ1) is 16.4. The van der Waals surface area contributed by atoms with E-state index in [1.165, 1.54) is 6.92 Å². The molecule has 3 N–H and O–H groups in total. The molecule has 2 amide bonds. The smallest absolute Gasteiger partial charge is 0.352 e. The number of para-hydroxylation sites is 1. The standard InChI is InChI=1S/C15H18F2N2O3/c1-10(12(20)19-11-6-3-2-4-7-11)18-13(21)15(16,17)14(22)8-5-9-14/h2-4,6-7,10,22H,5,8-9H2,1H3,(H,18,21)(H,19,20). The van der Waals surface area contributed by atoms with Gasteiger partial charge < -0.3 is 15.7 Å². The van der Waals surface area contributed by atoms with Crippen molar-refractivity contribution in [1.29, 1.82) is 0 Å². The van der Waals surface area contributed by atoms with Gasteiger partial charge in [0, 0.05) is 5.69 Å². The lowest BCUT2D eigenvalue weighted by molar-refractivity contribution is -0.216. The van der Waals surface area contributed by atoms with E-state index in [1.54, 1.807) is 30.3 Å². The van der Waals surface area contributed by atoms with Gasteiger partial charge in [0.2, 0.25) is 5.91 Å². The van der Waals surface area contributed by atoms with Crippen molar-refractivity contribution in [3.8, 4) is 0 Å². The third-order valence-corrected chi connectivity index (χ3v) is 3.83. The molecule has 0 aliphatic heterocycles. The normalized spacial score (nSPS) is 18.0. The first-order valence-electron chi connectivity index (χ1n) is 7.03. The molecule has 1 fully saturated rings. The van der Waals surface area contributed by atoms with E-state index in [4.69, 9.17) is 0 Å². The first-order chi connectivity index (χ1) is 10.3. The molecular weight excluding hydrogens is 294 g/mol. The van der Waals surface area contributed by atoms with Gasteiger partial charge in [-0.3, -0.25) is 9.59 Å². The first-order valence-corrected chi connectivity index (χ1v) is 7.03. The molecule has 7 heteroatoms. The average Bonchev–Trinajstić information content (AvgIpc) is 2.45. The molecule has 1 aliphatic rings. The van der Waals surface area contributed by atoms with Crippen molar-refractivity contribution in [3.63, 3.8) is 0 Å². The van der Waals surface area contributed by atoms with E-state index in [-0.39, 0.29) is 12.8 Å². The van der Waals surface area contributed by atoms with Crippen molar-refractivity contribution in [2.24, 2.45) is 0 Å². The number of hydrogen-bond acceptors (Lipinski definition) is 3. The second-order valence-electron chi connectivity index (χ2n) is 5.51. The van der Waals surface area contributed by atoms with Gasteiger partial charge in [0.1, 0.15) is 11.6 Å². The predicted octanol–water partition coefficient (Wildman–Crippen LogP) is 1.68. The molecule has 0 heterocycles. The van der Waals surface area contributed by atoms with Crippen molar-refractivity contribution in [3.05, 3.63) is 30.3 Å². The highest BCUT2D eigenvalue weighted by Gasteiger charge is 2.61. The number of rotatable bonds is 5. The lowest BCUT2D eigenvalue weighted by Crippen LogP contribution is -2.62. The van der Waals surface area contributed by atoms with E-state index in [1.807, 2.05) is 5.32 Å². The van der Waals surface area contributed by atoms with Gasteiger partial charge in [-0.1, -0.05) is 18.2 Å². The zero-order valence-electron chi connectivity index (χ0n) is 12.1. The van der Waals surface area contributed by atoms with E-state index in [0.717, 1.165) is 0 Å². The summed E-state index contributed by atoms with van der Waals surface area (Å²) in [6.07, 6.45) is 0.194. The van der Waals surface area contributed by atoms with Gasteiger partial charge in [0.25, 0.3) is 5.91 Å². The van der Waals surface area contributed by atoms with Crippen LogP contribution in [0.4, 0.5) is 14.5 Å². The molecule has 0 aromatic heterocycles. The quantitative estimate of drug-likeness (QED) is 0.774. The summed E-state index contributed by atoms with van der Waals surface area (Å²) in [5.41, 5.74) is -1.80. The Morgan fingerprint density at radius 3 is 2.36 bits per heavy atom. The number of amides is 2. The number of nitrogens with one attached hydrogen (secondary N) is 2. The highest BCUT2D eigenvalue weighted by atomic mass is 19.3. The number of halogens is 2. The van der Waals surface area contributed by atoms with Crippen LogP contribution >= 0.6 is 0 Å². The van der Waals surface area contributed by atoms with Crippen LogP contribution in [0.25, 0.3) is 0 Å². The summed E-state index contributed by atoms with van der Waals surface area (Å²) in [5, 5.41) is 14.1. The third kappa shape index (κ3) is 3.09. The Bertz CT molecular complexity index is 559. The molecule has 0 bridgehead atoms. The molecule has 0 saturated heterocycles. The van der Waals surface area contributed by atoms with Crippen molar-refractivity contribution in [2.75, 3.05) is 5.32 Å². The predicted molar refractivity (Wildman–Crippen MR) is 76.4 cm³/mol. The zero-order valence-corrected chi connectivity index (χ0v) is 12.1. The molecule has 2 rings (SSSR count). The van der Waals surface area contributed by atoms with Gasteiger partial charge >= 0.3 is 5.92 Å². The van der Waals surface area contributed by atoms with Crippen LogP contribution in [0.5, 0.6) is 0 Å². The fraction of sp³-hybridized carbons (Fsp3) is 0.467. The van der Waals surface area contributed by atoms with E-state index in [2.05, 4.69) is 5.32 Å². The fourth-order valence-corrected chi connectivity index (χ4v) is 2.16. The van der Waals surface area contributed by atoms with E-state index in [0.29, 0.717) is 12.1 Å². The Balaban J connectivity index is 1.94. The van der Waals surface area contributed by atoms with Crippen molar-refractivity contribution >= 4 is 17.5 Å². The summed E-state index contributed by atoms with van der Waals surface area (Å²) in [7, 11) is 0. The van der Waals surface area contributed by atoms with Crippen LogP contribution in [0.3, 0.4) is 0 Å². The maximum absolute atomic E-state index is 13.9. The van der Waals surface area contributed by atoms with Gasteiger partial charge in [0.15, 0.2) is 0 Å². The van der Waals surface area contributed by atoms with Crippen molar-refractivity contribution in [1.82, 2.24) is 5.32 Å². The van der Waals surface area contributed by atoms with Crippen LogP contribution in [0.1, 0.15) is 26.2 Å². The SMILES string of the molecule is CC(NC(=O)C(F)(F)C1(O)CCC1)C(=O)Nc1ccccc1. The minimum Gasteiger partial charge on any atom is -0.383 e. The van der Waals surface area contributed by atoms with Crippen LogP contribution in [-0.2, 0) is 9.59 Å². The molecular formula is C15H18F2N2O3. The van der Waals surface area contributed by atoms with Gasteiger partial charge in [-0.2, -0.15) is 8.78 Å². The second-order valence-corrected chi connectivity index (χ2v) is 5.51. The molecule has 1 unspecified atom stereocenters. The van der Waals surface area contributed by atoms with Crippen molar-refractivity contribution < 1.29 is 23.5 Å². The number of aliphatic hydroxyl groups is 1. The summed E-state index contributed by atoms with van der Waals surface area (Å²) >= 11 is 0. The Hall–Kier alpha value is -2.02. The van der Waals surface area contributed by atoms with Gasteiger partial charge in [-0.05, 0) is 38.3 Å². The lowest BCUT2D eigenvalue weighted by atomic mass is 9.75. The molecule has 5 nitrogen and oxygen atoms in total. The van der Waals surface area contributed by atoms with Gasteiger partial charge in [-0.15, -0.1) is 0 Å². The highest BCUT2D eigenvalue weighted by molar-refractivity contribution is 5.98. The molecule has 1 aliphatic carbocycles. The fourth-order valence-electron chi connectivity index (χ4n) is 2.16. The Morgan fingerprint density at radius 2 is 1.86 bits per heavy atom. The average molecular weight is 312 g/mol. The molecule has 1 saturated carbocycles. The van der Waals surface area contributed by atoms with E-state index >= 15 is 0 Å². The monoisotopic (exact) mass is 312 g/mol. The number of hydrogen-bond donors (Lipinski definition) is 3. The lowest BCUT2D eigenvalue weighted by Gasteiger charge is -2.41. The number of anilines is 1. The van der Waals surface area contributed by atoms with E-state index in [9.17, 15) is 23.5 Å². The maximum atomic E-state index is 13.9. The summed E-state index contributed by atoms with van der Waals surface area (Å²) in [4.78, 5) is 23.5. The van der Waals surface area contributed by atoms with Crippen LogP contribution in [0, 0.1) is 0 Å². The molecule has 1 aromatic carbocycles. The van der Waals surface area contributed by atoms with Crippen LogP contribution in [0.2, 0.25) is 0 Å². The maximum Gasteiger partial charge on any atom is 0.352 e. The second kappa shape index (κ2) is 6.00. The Kier molecular flexibility index (Phi) is 4.46. The molecule has 1 atom stereocenters. The number of benzene rings is 1.